The van der Waals surface area contributed by atoms with Crippen molar-refractivity contribution >= 4 is 0 Å². The van der Waals surface area contributed by atoms with E-state index in [-0.39, 0.29) is 6.54 Å². The molecule has 0 aromatic rings. The molecular weight excluding hydrogens is 114 g/mol. The van der Waals surface area contributed by atoms with E-state index in [0.29, 0.717) is 0 Å². The lowest BCUT2D eigenvalue weighted by Crippen LogP contribution is -2.34. The van der Waals surface area contributed by atoms with Crippen LogP contribution in [0.25, 0.3) is 0 Å². The molecule has 0 bridgehead atoms. The summed E-state index contributed by atoms with van der Waals surface area (Å²) >= 11 is 0. The first kappa shape index (κ1) is 5.50. The van der Waals surface area contributed by atoms with Gasteiger partial charge in [0.15, 0.2) is 0 Å². The molecule has 46 valence electrons. The van der Waals surface area contributed by atoms with Crippen LogP contribution in [0.3, 0.4) is 0 Å². The zero-order valence-electron chi connectivity index (χ0n) is 4.14. The van der Waals surface area contributed by atoms with Gasteiger partial charge in [-0.05, 0) is 0 Å². The maximum absolute atomic E-state index is 11.6. The summed E-state index contributed by atoms with van der Waals surface area (Å²) in [7, 11) is 0. The van der Waals surface area contributed by atoms with Crippen LogP contribution in [-0.4, -0.2) is 18.1 Å². The molecule has 2 nitrogen and oxygen atoms in total. The second-order valence-electron chi connectivity index (χ2n) is 1.46. The Morgan fingerprint density at radius 2 is 2.38 bits per heavy atom. The average molecular weight is 120 g/mol. The summed E-state index contributed by atoms with van der Waals surface area (Å²) < 4.78 is 23.1. The maximum atomic E-state index is 11.6. The largest absolute Gasteiger partial charge is 0.322 e. The van der Waals surface area contributed by atoms with E-state index >= 15 is 0 Å². The second kappa shape index (κ2) is 2.09. The van der Waals surface area contributed by atoms with Gasteiger partial charge in [-0.2, -0.15) is 13.8 Å². The summed E-state index contributed by atoms with van der Waals surface area (Å²) in [5.74, 6) is 0. The van der Waals surface area contributed by atoms with Crippen LogP contribution >= 0.6 is 0 Å². The minimum absolute atomic E-state index is 0.289. The lowest BCUT2D eigenvalue weighted by atomic mass is 10.6. The first-order valence-corrected chi connectivity index (χ1v) is 2.26. The maximum Gasteiger partial charge on any atom is 0.311 e. The third-order valence-electron chi connectivity index (χ3n) is 0.896. The Labute approximate surface area is 45.7 Å². The van der Waals surface area contributed by atoms with Crippen molar-refractivity contribution in [3.8, 4) is 0 Å². The first-order chi connectivity index (χ1) is 3.80. The van der Waals surface area contributed by atoms with E-state index in [9.17, 15) is 8.78 Å². The molecule has 0 saturated heterocycles. The molecule has 0 aromatic heterocycles. The quantitative estimate of drug-likeness (QED) is 0.508. The van der Waals surface area contributed by atoms with Crippen LogP contribution in [0.2, 0.25) is 0 Å². The van der Waals surface area contributed by atoms with E-state index in [1.807, 2.05) is 0 Å². The predicted molar refractivity (Wildman–Crippen MR) is 25.0 cm³/mol. The van der Waals surface area contributed by atoms with Gasteiger partial charge < -0.3 is 5.43 Å². The number of alkyl halides is 2. The molecule has 1 N–H and O–H groups in total. The van der Waals surface area contributed by atoms with E-state index < -0.39 is 6.55 Å². The van der Waals surface area contributed by atoms with Crippen LogP contribution in [-0.2, 0) is 0 Å². The molecule has 0 amide bonds. The van der Waals surface area contributed by atoms with E-state index in [2.05, 4.69) is 5.43 Å². The van der Waals surface area contributed by atoms with Gasteiger partial charge in [-0.3, -0.25) is 0 Å². The molecule has 0 radical (unpaired) electrons. The Hall–Kier alpha value is -0.640. The second-order valence-corrected chi connectivity index (χ2v) is 1.46. The fourth-order valence-corrected chi connectivity index (χ4v) is 0.503. The van der Waals surface area contributed by atoms with E-state index in [1.54, 1.807) is 6.08 Å². The fourth-order valence-electron chi connectivity index (χ4n) is 0.503. The highest BCUT2D eigenvalue weighted by Gasteiger charge is 2.14. The Kier molecular flexibility index (Phi) is 1.43. The number of rotatable bonds is 1. The van der Waals surface area contributed by atoms with Crippen molar-refractivity contribution in [2.75, 3.05) is 6.54 Å². The van der Waals surface area contributed by atoms with Crippen LogP contribution in [0.5, 0.6) is 0 Å². The molecule has 1 aliphatic rings. The fraction of sp³-hybridized carbons (Fsp3) is 0.500. The summed E-state index contributed by atoms with van der Waals surface area (Å²) in [6, 6.07) is 0. The highest BCUT2D eigenvalue weighted by Crippen LogP contribution is 2.01. The zero-order chi connectivity index (χ0) is 5.98. The highest BCUT2D eigenvalue weighted by molar-refractivity contribution is 4.87. The minimum atomic E-state index is -2.40. The summed E-state index contributed by atoms with van der Waals surface area (Å²) in [4.78, 5) is 0. The molecule has 0 atom stereocenters. The first-order valence-electron chi connectivity index (χ1n) is 2.26. The van der Waals surface area contributed by atoms with Crippen LogP contribution in [0, 0.1) is 0 Å². The molecule has 4 heteroatoms. The number of hydrogen-bond donors (Lipinski definition) is 1. The van der Waals surface area contributed by atoms with Crippen LogP contribution in [0.4, 0.5) is 8.78 Å². The van der Waals surface area contributed by atoms with Crippen molar-refractivity contribution in [3.05, 3.63) is 12.3 Å². The normalized spacial score (nSPS) is 19.9. The Balaban J connectivity index is 2.29. The van der Waals surface area contributed by atoms with Crippen molar-refractivity contribution < 1.29 is 8.78 Å². The summed E-state index contributed by atoms with van der Waals surface area (Å²) in [6.07, 6.45) is 3.12. The lowest BCUT2D eigenvalue weighted by Gasteiger charge is -2.12. The SMILES string of the molecule is FC(F)N1CC=CN1. The zero-order valence-corrected chi connectivity index (χ0v) is 4.14. The van der Waals surface area contributed by atoms with Crippen molar-refractivity contribution in [2.24, 2.45) is 0 Å². The smallest absolute Gasteiger partial charge is 0.311 e. The summed E-state index contributed by atoms with van der Waals surface area (Å²) in [5.41, 5.74) is 2.36. The number of nitrogens with zero attached hydrogens (tertiary/aromatic N) is 1. The van der Waals surface area contributed by atoms with Crippen LogP contribution < -0.4 is 5.43 Å². The lowest BCUT2D eigenvalue weighted by molar-refractivity contribution is -0.0363. The number of hydrogen-bond acceptors (Lipinski definition) is 2. The van der Waals surface area contributed by atoms with Gasteiger partial charge in [-0.1, -0.05) is 6.08 Å². The minimum Gasteiger partial charge on any atom is -0.322 e. The third kappa shape index (κ3) is 0.949. The molecule has 0 spiro atoms. The molecule has 0 fully saturated rings. The molecule has 1 aliphatic heterocycles. The van der Waals surface area contributed by atoms with Crippen molar-refractivity contribution in [1.29, 1.82) is 0 Å². The van der Waals surface area contributed by atoms with Gasteiger partial charge in [0.2, 0.25) is 0 Å². The molecule has 0 saturated carbocycles. The third-order valence-corrected chi connectivity index (χ3v) is 0.896. The highest BCUT2D eigenvalue weighted by atomic mass is 19.3. The van der Waals surface area contributed by atoms with Crippen molar-refractivity contribution in [1.82, 2.24) is 10.4 Å². The summed E-state index contributed by atoms with van der Waals surface area (Å²) in [6.45, 7) is -2.11. The number of hydrazine groups is 1. The van der Waals surface area contributed by atoms with Gasteiger partial charge in [0.05, 0.1) is 0 Å². The topological polar surface area (TPSA) is 15.3 Å². The van der Waals surface area contributed by atoms with Crippen molar-refractivity contribution in [2.45, 2.75) is 6.55 Å². The number of halogens is 2. The molecular formula is C4H6F2N2. The Morgan fingerprint density at radius 3 is 2.62 bits per heavy atom. The van der Waals surface area contributed by atoms with Gasteiger partial charge in [0.1, 0.15) is 0 Å². The van der Waals surface area contributed by atoms with Gasteiger partial charge in [0.25, 0.3) is 0 Å². The Bertz CT molecular complexity index is 94.2. The number of nitrogens with one attached hydrogen (secondary N) is 1. The van der Waals surface area contributed by atoms with Gasteiger partial charge in [-0.15, -0.1) is 0 Å². The van der Waals surface area contributed by atoms with Gasteiger partial charge in [-0.25, -0.2) is 0 Å². The monoisotopic (exact) mass is 120 g/mol. The van der Waals surface area contributed by atoms with E-state index in [4.69, 9.17) is 0 Å². The Morgan fingerprint density at radius 1 is 1.62 bits per heavy atom. The average Bonchev–Trinajstić information content (AvgIpc) is 2.12. The molecule has 8 heavy (non-hydrogen) atoms. The molecule has 0 aromatic carbocycles. The van der Waals surface area contributed by atoms with Crippen molar-refractivity contribution in [3.63, 3.8) is 0 Å². The molecule has 1 rings (SSSR count). The molecule has 0 aliphatic carbocycles. The van der Waals surface area contributed by atoms with E-state index in [1.165, 1.54) is 6.20 Å². The van der Waals surface area contributed by atoms with Gasteiger partial charge in [0, 0.05) is 12.7 Å². The molecule has 1 heterocycles. The summed E-state index contributed by atoms with van der Waals surface area (Å²) in [5, 5.41) is 0.833. The van der Waals surface area contributed by atoms with Crippen LogP contribution in [0.15, 0.2) is 12.3 Å². The van der Waals surface area contributed by atoms with Gasteiger partial charge >= 0.3 is 6.55 Å². The van der Waals surface area contributed by atoms with E-state index in [0.717, 1.165) is 5.01 Å². The predicted octanol–water partition coefficient (Wildman–Crippen LogP) is 0.543. The van der Waals surface area contributed by atoms with Crippen LogP contribution in [0.1, 0.15) is 0 Å². The standard InChI is InChI=1S/C4H6F2N2/c5-4(6)8-3-1-2-7-8/h1-2,4,7H,3H2. The molecule has 0 unspecified atom stereocenters.